The number of nitrogens with zero attached hydrogens (tertiary/aromatic N) is 3. The highest BCUT2D eigenvalue weighted by molar-refractivity contribution is 6.04. The van der Waals surface area contributed by atoms with Crippen molar-refractivity contribution in [2.24, 2.45) is 0 Å². The third-order valence-corrected chi connectivity index (χ3v) is 4.18. The van der Waals surface area contributed by atoms with Crippen LogP contribution in [0, 0.1) is 0 Å². The first-order valence-electron chi connectivity index (χ1n) is 8.88. The van der Waals surface area contributed by atoms with Gasteiger partial charge in [-0.1, -0.05) is 24.3 Å². The van der Waals surface area contributed by atoms with Crippen molar-refractivity contribution < 1.29 is 4.79 Å². The van der Waals surface area contributed by atoms with Crippen molar-refractivity contribution in [3.8, 4) is 5.69 Å². The maximum absolute atomic E-state index is 12.5. The van der Waals surface area contributed by atoms with Gasteiger partial charge in [0.15, 0.2) is 0 Å². The van der Waals surface area contributed by atoms with Gasteiger partial charge in [-0.05, 0) is 66.2 Å². The lowest BCUT2D eigenvalue weighted by Gasteiger charge is -2.07. The normalized spacial score (nSPS) is 10.9. The molecule has 4 rings (SSSR count). The molecule has 2 heterocycles. The first-order chi connectivity index (χ1) is 13.8. The van der Waals surface area contributed by atoms with Crippen LogP contribution in [0.15, 0.2) is 91.4 Å². The molecule has 28 heavy (non-hydrogen) atoms. The summed E-state index contributed by atoms with van der Waals surface area (Å²) < 4.78 is 1.75. The number of aromatic nitrogens is 3. The lowest BCUT2D eigenvalue weighted by atomic mass is 10.1. The summed E-state index contributed by atoms with van der Waals surface area (Å²) >= 11 is 0. The van der Waals surface area contributed by atoms with Gasteiger partial charge in [0.05, 0.1) is 11.4 Å². The molecule has 0 atom stereocenters. The zero-order valence-electron chi connectivity index (χ0n) is 15.1. The summed E-state index contributed by atoms with van der Waals surface area (Å²) in [6, 6.07) is 22.6. The zero-order valence-corrected chi connectivity index (χ0v) is 15.1. The Labute approximate surface area is 163 Å². The van der Waals surface area contributed by atoms with E-state index in [-0.39, 0.29) is 5.91 Å². The number of pyridine rings is 1. The van der Waals surface area contributed by atoms with Crippen LogP contribution >= 0.6 is 0 Å². The molecule has 0 aliphatic carbocycles. The lowest BCUT2D eigenvalue weighted by molar-refractivity contribution is 0.102. The van der Waals surface area contributed by atoms with Gasteiger partial charge in [-0.15, -0.1) is 0 Å². The van der Waals surface area contributed by atoms with Crippen molar-refractivity contribution in [3.05, 3.63) is 108 Å². The van der Waals surface area contributed by atoms with E-state index in [0.29, 0.717) is 5.56 Å². The Kier molecular flexibility index (Phi) is 5.06. The van der Waals surface area contributed by atoms with Crippen molar-refractivity contribution in [1.29, 1.82) is 0 Å². The molecule has 2 aromatic carbocycles. The van der Waals surface area contributed by atoms with Gasteiger partial charge in [0, 0.05) is 29.8 Å². The highest BCUT2D eigenvalue weighted by atomic mass is 16.1. The summed E-state index contributed by atoms with van der Waals surface area (Å²) in [5, 5.41) is 7.12. The van der Waals surface area contributed by atoms with Gasteiger partial charge in [-0.25, -0.2) is 4.68 Å². The Bertz CT molecular complexity index is 1090. The van der Waals surface area contributed by atoms with E-state index in [1.165, 1.54) is 0 Å². The second-order valence-electron chi connectivity index (χ2n) is 6.17. The number of carbonyl (C=O) groups is 1. The van der Waals surface area contributed by atoms with E-state index < -0.39 is 0 Å². The zero-order chi connectivity index (χ0) is 19.2. The van der Waals surface area contributed by atoms with Crippen LogP contribution in [-0.2, 0) is 0 Å². The molecule has 0 aliphatic rings. The molecular weight excluding hydrogens is 348 g/mol. The van der Waals surface area contributed by atoms with Crippen molar-refractivity contribution >= 4 is 23.7 Å². The molecule has 5 heteroatoms. The van der Waals surface area contributed by atoms with Gasteiger partial charge < -0.3 is 5.32 Å². The lowest BCUT2D eigenvalue weighted by Crippen LogP contribution is -2.12. The summed E-state index contributed by atoms with van der Waals surface area (Å²) in [6.45, 7) is 0. The largest absolute Gasteiger partial charge is 0.322 e. The highest BCUT2D eigenvalue weighted by Gasteiger charge is 2.07. The average molecular weight is 366 g/mol. The van der Waals surface area contributed by atoms with E-state index >= 15 is 0 Å². The summed E-state index contributed by atoms with van der Waals surface area (Å²) in [4.78, 5) is 16.8. The summed E-state index contributed by atoms with van der Waals surface area (Å²) in [5.41, 5.74) is 4.10. The number of rotatable bonds is 5. The molecule has 4 aromatic rings. The molecule has 0 unspecified atom stereocenters. The minimum absolute atomic E-state index is 0.155. The summed E-state index contributed by atoms with van der Waals surface area (Å²) in [6.07, 6.45) is 9.24. The topological polar surface area (TPSA) is 59.8 Å². The molecule has 0 saturated carbocycles. The number of hydrogen-bond acceptors (Lipinski definition) is 3. The summed E-state index contributed by atoms with van der Waals surface area (Å²) in [7, 11) is 0. The van der Waals surface area contributed by atoms with E-state index in [1.807, 2.05) is 79.0 Å². The molecule has 0 spiro atoms. The van der Waals surface area contributed by atoms with E-state index in [4.69, 9.17) is 0 Å². The minimum Gasteiger partial charge on any atom is -0.322 e. The quantitative estimate of drug-likeness (QED) is 0.557. The molecule has 5 nitrogen and oxygen atoms in total. The van der Waals surface area contributed by atoms with Gasteiger partial charge >= 0.3 is 0 Å². The fraction of sp³-hybridized carbons (Fsp3) is 0. The third kappa shape index (κ3) is 4.22. The molecule has 1 N–H and O–H groups in total. The predicted octanol–water partition coefficient (Wildman–Crippen LogP) is 4.69. The van der Waals surface area contributed by atoms with Crippen LogP contribution in [-0.4, -0.2) is 20.7 Å². The van der Waals surface area contributed by atoms with Crippen molar-refractivity contribution in [1.82, 2.24) is 14.8 Å². The number of amides is 1. The number of hydrogen-bond donors (Lipinski definition) is 1. The van der Waals surface area contributed by atoms with Gasteiger partial charge in [-0.2, -0.15) is 5.10 Å². The standard InChI is InChI=1S/C23H18N4O/c28-23(19-9-12-22(13-10-19)27-16-4-15-25-27)26-21-7-3-5-18(17-21)8-11-20-6-1-2-14-24-20/h1-17H,(H,26,28)/b11-8+. The summed E-state index contributed by atoms with van der Waals surface area (Å²) in [5.74, 6) is -0.155. The van der Waals surface area contributed by atoms with Gasteiger partial charge in [0.2, 0.25) is 0 Å². The number of benzene rings is 2. The van der Waals surface area contributed by atoms with Crippen molar-refractivity contribution in [2.45, 2.75) is 0 Å². The molecule has 0 radical (unpaired) electrons. The first-order valence-corrected chi connectivity index (χ1v) is 8.88. The predicted molar refractivity (Wildman–Crippen MR) is 111 cm³/mol. The maximum Gasteiger partial charge on any atom is 0.255 e. The molecule has 2 aromatic heterocycles. The number of nitrogens with one attached hydrogen (secondary N) is 1. The van der Waals surface area contributed by atoms with Gasteiger partial charge in [0.25, 0.3) is 5.91 Å². The van der Waals surface area contributed by atoms with Crippen LogP contribution in [0.1, 0.15) is 21.6 Å². The number of anilines is 1. The van der Waals surface area contributed by atoms with E-state index in [2.05, 4.69) is 15.4 Å². The minimum atomic E-state index is -0.155. The first kappa shape index (κ1) is 17.4. The van der Waals surface area contributed by atoms with E-state index in [9.17, 15) is 4.79 Å². The Hall–Kier alpha value is -3.99. The third-order valence-electron chi connectivity index (χ3n) is 4.18. The molecule has 0 saturated heterocycles. The fourth-order valence-electron chi connectivity index (χ4n) is 2.77. The molecule has 0 aliphatic heterocycles. The molecule has 0 fully saturated rings. The smallest absolute Gasteiger partial charge is 0.255 e. The highest BCUT2D eigenvalue weighted by Crippen LogP contribution is 2.15. The number of carbonyl (C=O) groups excluding carboxylic acids is 1. The van der Waals surface area contributed by atoms with E-state index in [0.717, 1.165) is 22.6 Å². The van der Waals surface area contributed by atoms with Crippen LogP contribution in [0.5, 0.6) is 0 Å². The van der Waals surface area contributed by atoms with Crippen LogP contribution < -0.4 is 5.32 Å². The van der Waals surface area contributed by atoms with Crippen molar-refractivity contribution in [2.75, 3.05) is 5.32 Å². The monoisotopic (exact) mass is 366 g/mol. The second kappa shape index (κ2) is 8.14. The van der Waals surface area contributed by atoms with Gasteiger partial charge in [-0.3, -0.25) is 9.78 Å². The Morgan fingerprint density at radius 2 is 1.79 bits per heavy atom. The van der Waals surface area contributed by atoms with Crippen LogP contribution in [0.25, 0.3) is 17.8 Å². The van der Waals surface area contributed by atoms with Crippen molar-refractivity contribution in [3.63, 3.8) is 0 Å². The second-order valence-corrected chi connectivity index (χ2v) is 6.17. The van der Waals surface area contributed by atoms with Gasteiger partial charge in [0.1, 0.15) is 0 Å². The Morgan fingerprint density at radius 1 is 0.893 bits per heavy atom. The molecule has 0 bridgehead atoms. The van der Waals surface area contributed by atoms with Crippen LogP contribution in [0.2, 0.25) is 0 Å². The van der Waals surface area contributed by atoms with Crippen LogP contribution in [0.4, 0.5) is 5.69 Å². The average Bonchev–Trinajstić information content (AvgIpc) is 3.28. The van der Waals surface area contributed by atoms with E-state index in [1.54, 1.807) is 29.2 Å². The fourth-order valence-corrected chi connectivity index (χ4v) is 2.77. The molecule has 1 amide bonds. The molecular formula is C23H18N4O. The Morgan fingerprint density at radius 3 is 2.54 bits per heavy atom. The Balaban J connectivity index is 1.45. The SMILES string of the molecule is O=C(Nc1cccc(/C=C/c2ccccn2)c1)c1ccc(-n2cccn2)cc1. The maximum atomic E-state index is 12.5. The molecule has 136 valence electrons. The van der Waals surface area contributed by atoms with Crippen LogP contribution in [0.3, 0.4) is 0 Å².